The summed E-state index contributed by atoms with van der Waals surface area (Å²) in [6.45, 7) is -0.129. The third kappa shape index (κ3) is 6.16. The van der Waals surface area contributed by atoms with Crippen molar-refractivity contribution in [1.82, 2.24) is 0 Å². The molecule has 1 amide bonds. The lowest BCUT2D eigenvalue weighted by Gasteiger charge is -2.13. The van der Waals surface area contributed by atoms with E-state index < -0.39 is 35.6 Å². The van der Waals surface area contributed by atoms with Gasteiger partial charge in [0.05, 0.1) is 19.4 Å². The topological polar surface area (TPSA) is 122 Å². The molecule has 30 heavy (non-hydrogen) atoms. The SMILES string of the molecule is COc1ccc(CC(C(=O)O)C(=O)O)cc1CCOC(=O)Nc1ccc(F)cc1F. The van der Waals surface area contributed by atoms with E-state index in [1.807, 2.05) is 0 Å². The summed E-state index contributed by atoms with van der Waals surface area (Å²) in [5, 5.41) is 20.2. The van der Waals surface area contributed by atoms with Crippen molar-refractivity contribution in [3.05, 3.63) is 59.2 Å². The quantitative estimate of drug-likeness (QED) is 0.530. The number of nitrogens with one attached hydrogen (secondary N) is 1. The van der Waals surface area contributed by atoms with Crippen LogP contribution < -0.4 is 10.1 Å². The van der Waals surface area contributed by atoms with Gasteiger partial charge >= 0.3 is 18.0 Å². The molecule has 0 unspecified atom stereocenters. The smallest absolute Gasteiger partial charge is 0.411 e. The summed E-state index contributed by atoms with van der Waals surface area (Å²) in [6.07, 6.45) is -1.01. The van der Waals surface area contributed by atoms with Crippen molar-refractivity contribution in [3.8, 4) is 5.75 Å². The van der Waals surface area contributed by atoms with Crippen molar-refractivity contribution in [2.75, 3.05) is 19.0 Å². The van der Waals surface area contributed by atoms with Gasteiger partial charge in [0.15, 0.2) is 5.92 Å². The number of halogens is 2. The molecule has 0 saturated heterocycles. The van der Waals surface area contributed by atoms with Crippen molar-refractivity contribution in [1.29, 1.82) is 0 Å². The molecule has 0 aliphatic rings. The Morgan fingerprint density at radius 3 is 2.37 bits per heavy atom. The van der Waals surface area contributed by atoms with Crippen LogP contribution in [-0.2, 0) is 27.2 Å². The number of benzene rings is 2. The molecule has 0 saturated carbocycles. The molecule has 0 bridgehead atoms. The lowest BCUT2D eigenvalue weighted by atomic mass is 9.97. The number of anilines is 1. The molecule has 0 heterocycles. The van der Waals surface area contributed by atoms with E-state index in [4.69, 9.17) is 19.7 Å². The molecule has 3 N–H and O–H groups in total. The zero-order chi connectivity index (χ0) is 22.3. The minimum atomic E-state index is -1.60. The van der Waals surface area contributed by atoms with Crippen LogP contribution in [0.3, 0.4) is 0 Å². The van der Waals surface area contributed by atoms with Crippen LogP contribution in [-0.4, -0.2) is 42.0 Å². The summed E-state index contributed by atoms with van der Waals surface area (Å²) in [6, 6.07) is 7.33. The fourth-order valence-corrected chi connectivity index (χ4v) is 2.66. The second-order valence-corrected chi connectivity index (χ2v) is 6.21. The molecule has 0 aliphatic heterocycles. The number of hydrogen-bond acceptors (Lipinski definition) is 5. The largest absolute Gasteiger partial charge is 0.496 e. The number of carbonyl (C=O) groups excluding carboxylic acids is 1. The van der Waals surface area contributed by atoms with Gasteiger partial charge in [0.1, 0.15) is 17.4 Å². The van der Waals surface area contributed by atoms with Crippen molar-refractivity contribution < 1.29 is 42.9 Å². The molecular weight excluding hydrogens is 404 g/mol. The molecule has 2 rings (SSSR count). The van der Waals surface area contributed by atoms with Gasteiger partial charge in [-0.05, 0) is 35.7 Å². The summed E-state index contributed by atoms with van der Waals surface area (Å²) in [5.74, 6) is -5.80. The highest BCUT2D eigenvalue weighted by atomic mass is 19.1. The average molecular weight is 423 g/mol. The number of ether oxygens (including phenoxy) is 2. The predicted molar refractivity (Wildman–Crippen MR) is 100 cm³/mol. The van der Waals surface area contributed by atoms with Crippen LogP contribution >= 0.6 is 0 Å². The van der Waals surface area contributed by atoms with E-state index in [0.29, 0.717) is 22.9 Å². The summed E-state index contributed by atoms with van der Waals surface area (Å²) >= 11 is 0. The van der Waals surface area contributed by atoms with Gasteiger partial charge in [-0.15, -0.1) is 0 Å². The Morgan fingerprint density at radius 2 is 1.77 bits per heavy atom. The molecule has 0 aromatic heterocycles. The van der Waals surface area contributed by atoms with Crippen molar-refractivity contribution in [3.63, 3.8) is 0 Å². The van der Waals surface area contributed by atoms with Gasteiger partial charge in [-0.1, -0.05) is 12.1 Å². The molecule has 0 aliphatic carbocycles. The van der Waals surface area contributed by atoms with Gasteiger partial charge in [0, 0.05) is 12.5 Å². The highest BCUT2D eigenvalue weighted by Crippen LogP contribution is 2.23. The zero-order valence-electron chi connectivity index (χ0n) is 15.9. The van der Waals surface area contributed by atoms with E-state index in [9.17, 15) is 23.2 Å². The predicted octanol–water partition coefficient (Wildman–Crippen LogP) is 3.09. The lowest BCUT2D eigenvalue weighted by molar-refractivity contribution is -0.154. The first-order valence-corrected chi connectivity index (χ1v) is 8.71. The summed E-state index contributed by atoms with van der Waals surface area (Å²) in [4.78, 5) is 34.0. The Balaban J connectivity index is 2.00. The molecule has 10 heteroatoms. The van der Waals surface area contributed by atoms with Gasteiger partial charge in [-0.25, -0.2) is 13.6 Å². The Kier molecular flexibility index (Phi) is 7.68. The van der Waals surface area contributed by atoms with Gasteiger partial charge in [-0.3, -0.25) is 14.9 Å². The minimum Gasteiger partial charge on any atom is -0.496 e. The number of carbonyl (C=O) groups is 3. The lowest BCUT2D eigenvalue weighted by Crippen LogP contribution is -2.25. The number of methoxy groups -OCH3 is 1. The summed E-state index contributed by atoms with van der Waals surface area (Å²) < 4.78 is 36.6. The van der Waals surface area contributed by atoms with Crippen LogP contribution in [0.1, 0.15) is 11.1 Å². The van der Waals surface area contributed by atoms with E-state index in [0.717, 1.165) is 12.1 Å². The molecule has 160 valence electrons. The Labute approximate surface area is 170 Å². The fourth-order valence-electron chi connectivity index (χ4n) is 2.66. The maximum absolute atomic E-state index is 13.5. The molecule has 0 spiro atoms. The maximum atomic E-state index is 13.5. The zero-order valence-corrected chi connectivity index (χ0v) is 15.9. The van der Waals surface area contributed by atoms with Crippen LogP contribution in [0.5, 0.6) is 5.75 Å². The van der Waals surface area contributed by atoms with E-state index in [1.165, 1.54) is 7.11 Å². The van der Waals surface area contributed by atoms with Crippen LogP contribution in [0.2, 0.25) is 0 Å². The highest BCUT2D eigenvalue weighted by Gasteiger charge is 2.26. The van der Waals surface area contributed by atoms with Crippen LogP contribution in [0.25, 0.3) is 0 Å². The van der Waals surface area contributed by atoms with Gasteiger partial charge < -0.3 is 19.7 Å². The summed E-state index contributed by atoms with van der Waals surface area (Å²) in [7, 11) is 1.42. The number of amides is 1. The van der Waals surface area contributed by atoms with Crippen LogP contribution in [0, 0.1) is 17.6 Å². The number of hydrogen-bond donors (Lipinski definition) is 3. The molecule has 0 fully saturated rings. The number of carboxylic acid groups (broad SMARTS) is 2. The van der Waals surface area contributed by atoms with Crippen molar-refractivity contribution in [2.24, 2.45) is 5.92 Å². The first-order valence-electron chi connectivity index (χ1n) is 8.71. The van der Waals surface area contributed by atoms with Crippen molar-refractivity contribution >= 4 is 23.7 Å². The first kappa shape index (κ1) is 22.6. The second kappa shape index (κ2) is 10.2. The molecule has 2 aromatic rings. The normalized spacial score (nSPS) is 10.5. The monoisotopic (exact) mass is 423 g/mol. The number of aliphatic carboxylic acids is 2. The summed E-state index contributed by atoms with van der Waals surface area (Å²) in [5.41, 5.74) is 0.776. The van der Waals surface area contributed by atoms with Gasteiger partial charge in [0.25, 0.3) is 0 Å². The standard InChI is InChI=1S/C20H19F2NO7/c1-29-17-5-2-11(9-14(18(24)25)19(26)27)8-12(17)6-7-30-20(28)23-16-4-3-13(21)10-15(16)22/h2-5,8,10,14H,6-7,9H2,1H3,(H,23,28)(H,24,25)(H,26,27). The van der Waals surface area contributed by atoms with Crippen LogP contribution in [0.4, 0.5) is 19.3 Å². The van der Waals surface area contributed by atoms with E-state index >= 15 is 0 Å². The van der Waals surface area contributed by atoms with Gasteiger partial charge in [0.2, 0.25) is 0 Å². The maximum Gasteiger partial charge on any atom is 0.411 e. The third-order valence-electron chi connectivity index (χ3n) is 4.15. The van der Waals surface area contributed by atoms with E-state index in [2.05, 4.69) is 5.32 Å². The number of carboxylic acids is 2. The third-order valence-corrected chi connectivity index (χ3v) is 4.15. The molecule has 0 atom stereocenters. The average Bonchev–Trinajstić information content (AvgIpc) is 2.68. The highest BCUT2D eigenvalue weighted by molar-refractivity contribution is 5.93. The molecule has 0 radical (unpaired) electrons. The Hall–Kier alpha value is -3.69. The molecular formula is C20H19F2NO7. The fraction of sp³-hybridized carbons (Fsp3) is 0.250. The molecule has 2 aromatic carbocycles. The minimum absolute atomic E-state index is 0.129. The van der Waals surface area contributed by atoms with Crippen LogP contribution in [0.15, 0.2) is 36.4 Å². The Bertz CT molecular complexity index is 935. The molecule has 8 nitrogen and oxygen atoms in total. The van der Waals surface area contributed by atoms with E-state index in [-0.39, 0.29) is 25.1 Å². The number of rotatable bonds is 9. The van der Waals surface area contributed by atoms with Gasteiger partial charge in [-0.2, -0.15) is 0 Å². The first-order chi connectivity index (χ1) is 14.2. The van der Waals surface area contributed by atoms with Crippen molar-refractivity contribution in [2.45, 2.75) is 12.8 Å². The van der Waals surface area contributed by atoms with E-state index in [1.54, 1.807) is 18.2 Å². The Morgan fingerprint density at radius 1 is 1.07 bits per heavy atom. The second-order valence-electron chi connectivity index (χ2n) is 6.21.